The van der Waals surface area contributed by atoms with E-state index in [-0.39, 0.29) is 0 Å². The standard InChI is InChI=1S/C17H28N2O/c1-18-8-7-13-4-2-3-9-19(13)17(20)16-14-11-5-6-12(10-11)15(14)16/h11-16,18H,2-10H2,1H3. The number of carbonyl (C=O) groups is 1. The number of likely N-dealkylation sites (tertiary alicyclic amines) is 1. The van der Waals surface area contributed by atoms with Crippen molar-refractivity contribution in [2.45, 2.75) is 51.0 Å². The zero-order valence-corrected chi connectivity index (χ0v) is 12.7. The minimum absolute atomic E-state index is 0.441. The number of rotatable bonds is 4. The maximum absolute atomic E-state index is 13.0. The van der Waals surface area contributed by atoms with Crippen LogP contribution in [0.2, 0.25) is 0 Å². The number of piperidine rings is 1. The molecule has 1 heterocycles. The Morgan fingerprint density at radius 1 is 1.15 bits per heavy atom. The highest BCUT2D eigenvalue weighted by Crippen LogP contribution is 2.69. The summed E-state index contributed by atoms with van der Waals surface area (Å²) in [5.41, 5.74) is 0. The molecule has 2 bridgehead atoms. The van der Waals surface area contributed by atoms with Gasteiger partial charge in [0.2, 0.25) is 5.91 Å². The molecule has 3 saturated carbocycles. The maximum atomic E-state index is 13.0. The predicted molar refractivity (Wildman–Crippen MR) is 79.2 cm³/mol. The fourth-order valence-corrected chi connectivity index (χ4v) is 5.75. The molecule has 4 rings (SSSR count). The van der Waals surface area contributed by atoms with Crippen LogP contribution in [0.4, 0.5) is 0 Å². The fourth-order valence-electron chi connectivity index (χ4n) is 5.75. The van der Waals surface area contributed by atoms with Gasteiger partial charge in [-0.15, -0.1) is 0 Å². The quantitative estimate of drug-likeness (QED) is 0.854. The highest BCUT2D eigenvalue weighted by molar-refractivity contribution is 5.83. The molecule has 4 fully saturated rings. The van der Waals surface area contributed by atoms with E-state index in [1.807, 2.05) is 7.05 Å². The number of carbonyl (C=O) groups excluding carboxylic acids is 1. The van der Waals surface area contributed by atoms with Gasteiger partial charge in [0, 0.05) is 18.5 Å². The summed E-state index contributed by atoms with van der Waals surface area (Å²) in [6.07, 6.45) is 9.16. The van der Waals surface area contributed by atoms with Crippen LogP contribution in [0.5, 0.6) is 0 Å². The van der Waals surface area contributed by atoms with E-state index in [4.69, 9.17) is 0 Å². The highest BCUT2D eigenvalue weighted by Gasteiger charge is 2.68. The van der Waals surface area contributed by atoms with Crippen LogP contribution in [0.3, 0.4) is 0 Å². The van der Waals surface area contributed by atoms with E-state index in [1.165, 1.54) is 38.5 Å². The molecule has 5 unspecified atom stereocenters. The maximum Gasteiger partial charge on any atom is 0.226 e. The van der Waals surface area contributed by atoms with Crippen molar-refractivity contribution in [2.24, 2.45) is 29.6 Å². The van der Waals surface area contributed by atoms with Crippen LogP contribution in [0.25, 0.3) is 0 Å². The summed E-state index contributed by atoms with van der Waals surface area (Å²) in [6.45, 7) is 2.07. The van der Waals surface area contributed by atoms with Gasteiger partial charge in [0.1, 0.15) is 0 Å². The van der Waals surface area contributed by atoms with E-state index in [9.17, 15) is 4.79 Å². The Hall–Kier alpha value is -0.570. The van der Waals surface area contributed by atoms with Crippen molar-refractivity contribution in [3.8, 4) is 0 Å². The lowest BCUT2D eigenvalue weighted by Gasteiger charge is -2.36. The van der Waals surface area contributed by atoms with Gasteiger partial charge in [-0.3, -0.25) is 4.79 Å². The van der Waals surface area contributed by atoms with Crippen molar-refractivity contribution in [1.82, 2.24) is 10.2 Å². The first-order valence-electron chi connectivity index (χ1n) is 8.76. The molecule has 0 spiro atoms. The van der Waals surface area contributed by atoms with Crippen molar-refractivity contribution in [3.05, 3.63) is 0 Å². The first-order chi connectivity index (χ1) is 9.81. The Kier molecular flexibility index (Phi) is 3.29. The van der Waals surface area contributed by atoms with Gasteiger partial charge < -0.3 is 10.2 Å². The Labute approximate surface area is 122 Å². The normalized spacial score (nSPS) is 45.5. The zero-order valence-electron chi connectivity index (χ0n) is 12.7. The topological polar surface area (TPSA) is 32.3 Å². The average Bonchev–Trinajstić information content (AvgIpc) is 2.92. The van der Waals surface area contributed by atoms with Gasteiger partial charge in [-0.1, -0.05) is 0 Å². The van der Waals surface area contributed by atoms with Crippen LogP contribution in [-0.2, 0) is 4.79 Å². The second-order valence-corrected chi connectivity index (χ2v) is 7.59. The average molecular weight is 276 g/mol. The molecule has 5 atom stereocenters. The number of nitrogens with one attached hydrogen (secondary N) is 1. The lowest BCUT2D eigenvalue weighted by molar-refractivity contribution is -0.137. The number of hydrogen-bond acceptors (Lipinski definition) is 2. The Bertz CT molecular complexity index is 380. The van der Waals surface area contributed by atoms with E-state index < -0.39 is 0 Å². The molecule has 0 aromatic rings. The summed E-state index contributed by atoms with van der Waals surface area (Å²) in [6, 6.07) is 0.516. The molecular formula is C17H28N2O. The second kappa shape index (κ2) is 5.01. The number of amides is 1. The molecular weight excluding hydrogens is 248 g/mol. The second-order valence-electron chi connectivity index (χ2n) is 7.59. The Balaban J connectivity index is 1.42. The van der Waals surface area contributed by atoms with Gasteiger partial charge in [0.05, 0.1) is 0 Å². The molecule has 20 heavy (non-hydrogen) atoms. The molecule has 1 N–H and O–H groups in total. The van der Waals surface area contributed by atoms with Crippen LogP contribution in [-0.4, -0.2) is 37.0 Å². The van der Waals surface area contributed by atoms with Crippen molar-refractivity contribution < 1.29 is 4.79 Å². The van der Waals surface area contributed by atoms with Crippen LogP contribution >= 0.6 is 0 Å². The molecule has 1 saturated heterocycles. The van der Waals surface area contributed by atoms with Crippen molar-refractivity contribution in [3.63, 3.8) is 0 Å². The summed E-state index contributed by atoms with van der Waals surface area (Å²) >= 11 is 0. The van der Waals surface area contributed by atoms with E-state index in [0.717, 1.165) is 43.2 Å². The third-order valence-corrected chi connectivity index (χ3v) is 6.66. The summed E-state index contributed by atoms with van der Waals surface area (Å²) in [5, 5.41) is 3.25. The monoisotopic (exact) mass is 276 g/mol. The zero-order chi connectivity index (χ0) is 13.7. The minimum Gasteiger partial charge on any atom is -0.339 e. The van der Waals surface area contributed by atoms with Crippen molar-refractivity contribution in [2.75, 3.05) is 20.1 Å². The number of nitrogens with zero attached hydrogens (tertiary/aromatic N) is 1. The molecule has 0 aromatic heterocycles. The van der Waals surface area contributed by atoms with Gasteiger partial charge in [-0.05, 0) is 82.2 Å². The van der Waals surface area contributed by atoms with Crippen molar-refractivity contribution in [1.29, 1.82) is 0 Å². The number of hydrogen-bond donors (Lipinski definition) is 1. The first kappa shape index (κ1) is 13.1. The Morgan fingerprint density at radius 3 is 2.60 bits per heavy atom. The fraction of sp³-hybridized carbons (Fsp3) is 0.941. The predicted octanol–water partition coefficient (Wildman–Crippen LogP) is 2.27. The molecule has 4 aliphatic rings. The van der Waals surface area contributed by atoms with Gasteiger partial charge >= 0.3 is 0 Å². The lowest BCUT2D eigenvalue weighted by Crippen LogP contribution is -2.46. The van der Waals surface area contributed by atoms with E-state index in [0.29, 0.717) is 17.9 Å². The van der Waals surface area contributed by atoms with Crippen LogP contribution in [0.15, 0.2) is 0 Å². The smallest absolute Gasteiger partial charge is 0.226 e. The van der Waals surface area contributed by atoms with Crippen LogP contribution in [0, 0.1) is 29.6 Å². The first-order valence-corrected chi connectivity index (χ1v) is 8.76. The lowest BCUT2D eigenvalue weighted by atomic mass is 9.96. The largest absolute Gasteiger partial charge is 0.339 e. The van der Waals surface area contributed by atoms with E-state index >= 15 is 0 Å². The Morgan fingerprint density at radius 2 is 1.90 bits per heavy atom. The molecule has 3 nitrogen and oxygen atoms in total. The third kappa shape index (κ3) is 1.93. The molecule has 1 amide bonds. The summed E-state index contributed by atoms with van der Waals surface area (Å²) < 4.78 is 0. The van der Waals surface area contributed by atoms with E-state index in [2.05, 4.69) is 10.2 Å². The van der Waals surface area contributed by atoms with Crippen LogP contribution < -0.4 is 5.32 Å². The molecule has 112 valence electrons. The highest BCUT2D eigenvalue weighted by atomic mass is 16.2. The van der Waals surface area contributed by atoms with Gasteiger partial charge in [0.25, 0.3) is 0 Å². The van der Waals surface area contributed by atoms with Crippen molar-refractivity contribution >= 4 is 5.91 Å². The molecule has 3 aliphatic carbocycles. The number of fused-ring (bicyclic) bond motifs is 5. The summed E-state index contributed by atoms with van der Waals surface area (Å²) in [5.74, 6) is 4.41. The molecule has 0 aromatic carbocycles. The summed E-state index contributed by atoms with van der Waals surface area (Å²) in [7, 11) is 2.01. The van der Waals surface area contributed by atoms with Gasteiger partial charge in [-0.2, -0.15) is 0 Å². The van der Waals surface area contributed by atoms with Crippen LogP contribution in [0.1, 0.15) is 44.9 Å². The molecule has 1 aliphatic heterocycles. The summed E-state index contributed by atoms with van der Waals surface area (Å²) in [4.78, 5) is 15.3. The third-order valence-electron chi connectivity index (χ3n) is 6.66. The van der Waals surface area contributed by atoms with Gasteiger partial charge in [0.15, 0.2) is 0 Å². The van der Waals surface area contributed by atoms with E-state index in [1.54, 1.807) is 0 Å². The molecule has 3 heteroatoms. The molecule has 0 radical (unpaired) electrons. The van der Waals surface area contributed by atoms with Gasteiger partial charge in [-0.25, -0.2) is 0 Å². The SMILES string of the molecule is CNCCC1CCCCN1C(=O)C1C2C3CCC(C3)C12. The minimum atomic E-state index is 0.441.